The number of pyridine rings is 1. The van der Waals surface area contributed by atoms with Crippen LogP contribution in [0.4, 0.5) is 10.1 Å². The molecular weight excluding hydrogens is 461 g/mol. The Labute approximate surface area is 213 Å². The van der Waals surface area contributed by atoms with Gasteiger partial charge in [0.1, 0.15) is 11.3 Å². The minimum Gasteiger partial charge on any atom is -0.365 e. The molecule has 1 fully saturated rings. The number of rotatable bonds is 5. The van der Waals surface area contributed by atoms with E-state index < -0.39 is 11.9 Å². The molecule has 1 saturated heterocycles. The van der Waals surface area contributed by atoms with Crippen LogP contribution in [-0.4, -0.2) is 63.6 Å². The maximum Gasteiger partial charge on any atom is 0.269 e. The van der Waals surface area contributed by atoms with Crippen molar-refractivity contribution in [3.8, 4) is 0 Å². The van der Waals surface area contributed by atoms with Gasteiger partial charge < -0.3 is 15.2 Å². The van der Waals surface area contributed by atoms with E-state index in [1.165, 1.54) is 13.1 Å². The van der Waals surface area contributed by atoms with Crippen LogP contribution in [0.1, 0.15) is 70.2 Å². The molecule has 10 heteroatoms. The Morgan fingerprint density at radius 1 is 1.08 bits per heavy atom. The molecule has 0 aromatic carbocycles. The van der Waals surface area contributed by atoms with Crippen LogP contribution in [0.25, 0.3) is 5.65 Å². The molecule has 4 rings (SSSR count). The van der Waals surface area contributed by atoms with Crippen molar-refractivity contribution in [2.45, 2.75) is 61.4 Å². The largest absolute Gasteiger partial charge is 0.365 e. The van der Waals surface area contributed by atoms with Gasteiger partial charge in [-0.05, 0) is 18.6 Å². The number of nitrogens with one attached hydrogen (secondary N) is 2. The fraction of sp³-hybridized carbons (Fsp3) is 0.538. The summed E-state index contributed by atoms with van der Waals surface area (Å²) in [4.78, 5) is 34.4. The third-order valence-corrected chi connectivity index (χ3v) is 5.37. The van der Waals surface area contributed by atoms with Gasteiger partial charge in [-0.1, -0.05) is 48.5 Å². The molecule has 0 saturated carbocycles. The van der Waals surface area contributed by atoms with E-state index in [1.807, 2.05) is 59.4 Å². The summed E-state index contributed by atoms with van der Waals surface area (Å²) in [5, 5.41) is 7.01. The van der Waals surface area contributed by atoms with Gasteiger partial charge in [0.2, 0.25) is 5.95 Å². The van der Waals surface area contributed by atoms with Crippen molar-refractivity contribution in [1.29, 1.82) is 0 Å². The highest BCUT2D eigenvalue weighted by Crippen LogP contribution is 2.20. The first-order valence-corrected chi connectivity index (χ1v) is 12.9. The number of piperazine rings is 1. The number of anilines is 1. The average Bonchev–Trinajstić information content (AvgIpc) is 3.32. The fourth-order valence-corrected chi connectivity index (χ4v) is 3.66. The number of hydrogen-bond acceptors (Lipinski definition) is 6. The van der Waals surface area contributed by atoms with Crippen LogP contribution in [-0.2, 0) is 13.0 Å². The summed E-state index contributed by atoms with van der Waals surface area (Å²) in [6, 6.07) is 5.02. The van der Waals surface area contributed by atoms with Crippen molar-refractivity contribution in [2.75, 3.05) is 38.1 Å². The highest BCUT2D eigenvalue weighted by atomic mass is 19.1. The number of nitrogens with zero attached hydrogens (tertiary/aromatic N) is 5. The fourth-order valence-electron chi connectivity index (χ4n) is 3.66. The third kappa shape index (κ3) is 7.61. The molecule has 3 aromatic rings. The SMILES string of the molecule is CC.CC.CC.CCc1cn2nc(CN3CCN(c4ccc(C(=O)NC)nc4F)CC3)cc2[nH]c1=O. The molecule has 2 N–H and O–H groups in total. The van der Waals surface area contributed by atoms with Gasteiger partial charge in [0.05, 0.1) is 11.4 Å². The van der Waals surface area contributed by atoms with Crippen LogP contribution >= 0.6 is 0 Å². The molecular formula is C26H42FN7O2. The normalized spacial score (nSPS) is 13.0. The van der Waals surface area contributed by atoms with E-state index in [-0.39, 0.29) is 11.3 Å². The van der Waals surface area contributed by atoms with Gasteiger partial charge in [-0.25, -0.2) is 9.50 Å². The second-order valence-corrected chi connectivity index (χ2v) is 7.28. The van der Waals surface area contributed by atoms with Gasteiger partial charge in [-0.3, -0.25) is 14.5 Å². The first kappa shape index (κ1) is 30.8. The molecule has 1 aliphatic rings. The predicted molar refractivity (Wildman–Crippen MR) is 144 cm³/mol. The lowest BCUT2D eigenvalue weighted by molar-refractivity contribution is 0.0957. The van der Waals surface area contributed by atoms with Gasteiger partial charge in [0.25, 0.3) is 11.5 Å². The predicted octanol–water partition coefficient (Wildman–Crippen LogP) is 3.88. The summed E-state index contributed by atoms with van der Waals surface area (Å²) in [5.41, 5.74) is 2.63. The van der Waals surface area contributed by atoms with Crippen molar-refractivity contribution in [1.82, 2.24) is 29.8 Å². The van der Waals surface area contributed by atoms with Crippen molar-refractivity contribution < 1.29 is 9.18 Å². The van der Waals surface area contributed by atoms with E-state index in [9.17, 15) is 14.0 Å². The number of aromatic amines is 1. The number of aryl methyl sites for hydroxylation is 1. The standard InChI is InChI=1S/C20H24FN7O2.3C2H6/c1-3-13-11-28-17(24-19(13)29)10-14(25-28)12-26-6-8-27(9-7-26)16-5-4-15(20(30)22-2)23-18(16)21;3*1-2/h4-5,10-11H,3,6-9,12H2,1-2H3,(H,22,30)(H,24,29);3*1-2H3. The quantitative estimate of drug-likeness (QED) is 0.513. The van der Waals surface area contributed by atoms with Crippen LogP contribution in [0.2, 0.25) is 0 Å². The minimum absolute atomic E-state index is 0.0634. The lowest BCUT2D eigenvalue weighted by Crippen LogP contribution is -2.46. The van der Waals surface area contributed by atoms with Crippen molar-refractivity contribution in [2.24, 2.45) is 0 Å². The molecule has 1 amide bonds. The lowest BCUT2D eigenvalue weighted by atomic mass is 10.2. The number of halogens is 1. The number of carbonyl (C=O) groups is 1. The zero-order valence-corrected chi connectivity index (χ0v) is 23.0. The van der Waals surface area contributed by atoms with E-state index in [0.717, 1.165) is 18.8 Å². The van der Waals surface area contributed by atoms with Crippen molar-refractivity contribution in [3.63, 3.8) is 0 Å². The number of H-pyrrole nitrogens is 1. The highest BCUT2D eigenvalue weighted by molar-refractivity contribution is 5.92. The second kappa shape index (κ2) is 15.7. The summed E-state index contributed by atoms with van der Waals surface area (Å²) < 4.78 is 16.1. The molecule has 0 spiro atoms. The van der Waals surface area contributed by atoms with E-state index in [4.69, 9.17) is 0 Å². The molecule has 0 radical (unpaired) electrons. The summed E-state index contributed by atoms with van der Waals surface area (Å²) in [7, 11) is 1.48. The molecule has 0 aliphatic carbocycles. The molecule has 0 unspecified atom stereocenters. The van der Waals surface area contributed by atoms with Crippen LogP contribution in [0.5, 0.6) is 0 Å². The Hall–Kier alpha value is -3.27. The monoisotopic (exact) mass is 503 g/mol. The lowest BCUT2D eigenvalue weighted by Gasteiger charge is -2.35. The Morgan fingerprint density at radius 3 is 2.28 bits per heavy atom. The Morgan fingerprint density at radius 2 is 1.72 bits per heavy atom. The van der Waals surface area contributed by atoms with E-state index in [0.29, 0.717) is 43.0 Å². The summed E-state index contributed by atoms with van der Waals surface area (Å²) in [5.74, 6) is -1.05. The second-order valence-electron chi connectivity index (χ2n) is 7.28. The maximum atomic E-state index is 14.4. The van der Waals surface area contributed by atoms with Gasteiger partial charge in [0, 0.05) is 57.6 Å². The maximum absolute atomic E-state index is 14.4. The Balaban J connectivity index is 0.00000101. The first-order chi connectivity index (χ1) is 17.5. The highest BCUT2D eigenvalue weighted by Gasteiger charge is 2.22. The molecule has 3 aromatic heterocycles. The Kier molecular flexibility index (Phi) is 13.4. The van der Waals surface area contributed by atoms with E-state index in [1.54, 1.807) is 16.8 Å². The topological polar surface area (TPSA) is 98.6 Å². The van der Waals surface area contributed by atoms with Crippen LogP contribution in [0, 0.1) is 5.95 Å². The minimum atomic E-state index is -0.638. The molecule has 9 nitrogen and oxygen atoms in total. The van der Waals surface area contributed by atoms with Gasteiger partial charge in [-0.2, -0.15) is 9.49 Å². The number of aromatic nitrogens is 4. The molecule has 4 heterocycles. The van der Waals surface area contributed by atoms with E-state index in [2.05, 4.69) is 25.3 Å². The van der Waals surface area contributed by atoms with Crippen LogP contribution in [0.15, 0.2) is 29.2 Å². The number of carbonyl (C=O) groups excluding carboxylic acids is 1. The Bertz CT molecular complexity index is 1140. The number of hydrogen-bond donors (Lipinski definition) is 2. The molecule has 0 bridgehead atoms. The summed E-state index contributed by atoms with van der Waals surface area (Å²) >= 11 is 0. The smallest absolute Gasteiger partial charge is 0.269 e. The van der Waals surface area contributed by atoms with Crippen molar-refractivity contribution >= 4 is 17.2 Å². The van der Waals surface area contributed by atoms with Crippen LogP contribution < -0.4 is 15.8 Å². The molecule has 0 atom stereocenters. The first-order valence-electron chi connectivity index (χ1n) is 12.9. The molecule has 1 aliphatic heterocycles. The van der Waals surface area contributed by atoms with E-state index >= 15 is 0 Å². The van der Waals surface area contributed by atoms with Gasteiger partial charge in [-0.15, -0.1) is 0 Å². The zero-order chi connectivity index (χ0) is 27.3. The zero-order valence-electron chi connectivity index (χ0n) is 23.0. The summed E-state index contributed by atoms with van der Waals surface area (Å²) in [6.07, 6.45) is 2.42. The van der Waals surface area contributed by atoms with Crippen molar-refractivity contribution in [3.05, 3.63) is 57.6 Å². The van der Waals surface area contributed by atoms with Gasteiger partial charge in [0.15, 0.2) is 0 Å². The number of amides is 1. The molecule has 200 valence electrons. The third-order valence-electron chi connectivity index (χ3n) is 5.37. The number of fused-ring (bicyclic) bond motifs is 1. The van der Waals surface area contributed by atoms with Crippen LogP contribution in [0.3, 0.4) is 0 Å². The average molecular weight is 504 g/mol. The van der Waals surface area contributed by atoms with Gasteiger partial charge >= 0.3 is 0 Å². The summed E-state index contributed by atoms with van der Waals surface area (Å²) in [6.45, 7) is 17.3. The molecule has 36 heavy (non-hydrogen) atoms.